The van der Waals surface area contributed by atoms with Crippen LogP contribution in [-0.4, -0.2) is 17.2 Å². The van der Waals surface area contributed by atoms with Crippen molar-refractivity contribution in [2.45, 2.75) is 51.4 Å². The Hall–Kier alpha value is -6.42. The Morgan fingerprint density at radius 1 is 0.407 bits per heavy atom. The second kappa shape index (κ2) is 13.3. The highest BCUT2D eigenvalue weighted by molar-refractivity contribution is 7.19. The molecule has 0 amide bonds. The zero-order valence-corrected chi connectivity index (χ0v) is 33.0. The monoisotopic (exact) mass is 806 g/mol. The van der Waals surface area contributed by atoms with Gasteiger partial charge in [-0.05, 0) is 97.8 Å². The van der Waals surface area contributed by atoms with Gasteiger partial charge in [0.15, 0.2) is 8.07 Å². The first-order valence-corrected chi connectivity index (χ1v) is 20.8. The number of fused-ring (bicyclic) bond motifs is 7. The molecule has 2 nitrogen and oxygen atoms in total. The van der Waals surface area contributed by atoms with Crippen LogP contribution in [0.3, 0.4) is 0 Å². The highest BCUT2D eigenvalue weighted by Crippen LogP contribution is 2.45. The van der Waals surface area contributed by atoms with Crippen molar-refractivity contribution in [1.82, 2.24) is 9.13 Å². The van der Waals surface area contributed by atoms with Crippen LogP contribution in [0, 0.1) is 0 Å². The van der Waals surface area contributed by atoms with Gasteiger partial charge in [0.2, 0.25) is 0 Å². The van der Waals surface area contributed by atoms with E-state index < -0.39 is 265 Å². The number of nitrogens with zero attached hydrogens (tertiary/aromatic N) is 2. The maximum Gasteiger partial charge on any atom is 0.179 e. The number of hydrogen-bond donors (Lipinski definition) is 0. The Kier molecular flexibility index (Phi) is 3.76. The average Bonchev–Trinajstić information content (AvgIpc) is 1.16. The summed E-state index contributed by atoms with van der Waals surface area (Å²) in [5.41, 5.74) is -4.62. The van der Waals surface area contributed by atoms with E-state index in [0.717, 1.165) is 10.1 Å². The van der Waals surface area contributed by atoms with Gasteiger partial charge in [-0.15, -0.1) is 0 Å². The predicted molar refractivity (Wildman–Crippen MR) is 254 cm³/mol. The van der Waals surface area contributed by atoms with Crippen molar-refractivity contribution in [3.05, 3.63) is 205 Å². The SMILES string of the molecule is [2H]c1c([2H])c([2H])c([Si](c2ccc3c(c2)C(C)(C)CCC3(C)C)(c2c([2H])c([2H])c([2H])c([2H])c2[2H])c2c([2H])c([2H])c([2H])c(-n3c4c([2H])c([2H])c([2H])c([2H])c4c4c([2H])c([2H])c(-n5c6c([2H])c([2H])c([2H])c([2H])c6c6c([2H])c([2H])c([2H])c([2H])c65)c([2H])c43)c2[2H])c([2H])c1[2H]. The highest BCUT2D eigenvalue weighted by atomic mass is 28.3. The summed E-state index contributed by atoms with van der Waals surface area (Å²) >= 11 is 0. The van der Waals surface area contributed by atoms with Gasteiger partial charge >= 0.3 is 0 Å². The molecule has 2 aromatic heterocycles. The van der Waals surface area contributed by atoms with Crippen LogP contribution in [0.4, 0.5) is 0 Å². The van der Waals surface area contributed by atoms with Gasteiger partial charge in [-0.25, -0.2) is 0 Å². The number of hydrogen-bond acceptors (Lipinski definition) is 0. The van der Waals surface area contributed by atoms with Crippen LogP contribution < -0.4 is 20.7 Å². The lowest BCUT2D eigenvalue weighted by atomic mass is 9.63. The molecule has 2 heterocycles. The predicted octanol–water partition coefficient (Wildman–Crippen LogP) is 11.6. The fourth-order valence-corrected chi connectivity index (χ4v) is 12.5. The summed E-state index contributed by atoms with van der Waals surface area (Å²) in [6, 6.07) is -23.5. The van der Waals surface area contributed by atoms with E-state index in [0.29, 0.717) is 23.0 Å². The summed E-state index contributed by atoms with van der Waals surface area (Å²) in [7, 11) is -5.88. The topological polar surface area (TPSA) is 9.86 Å². The van der Waals surface area contributed by atoms with Crippen molar-refractivity contribution in [2.24, 2.45) is 0 Å². The third-order valence-electron chi connectivity index (χ3n) is 11.6. The summed E-state index contributed by atoms with van der Waals surface area (Å²) in [5, 5.41) is -4.84. The molecular weight excluding hydrogens is 729 g/mol. The standard InChI is InChI=1S/C56H48N2Si/c1-55(2)34-35-56(3,4)50-38-44(31-33-49(50)55)59(41-19-7-5-8-20-41,42-21-9-6-10-22-42)43-23-17-18-39(36-43)58-53-29-16-13-26-47(53)48-32-30-40(37-54(48)58)57-51-27-14-11-24-45(51)46-25-12-15-28-52(46)57/h5-33,36-38H,34-35H2,1-4H3/i5D,6D,7D,8D,9D,10D,11D,12D,13D,14D,15D,16D,17D,18D,19D,20D,21D,22D,23D,24D,25D,26D,27D,28D,29D,30D,32D,36D,37D. The fourth-order valence-electron chi connectivity index (χ4n) is 8.62. The molecule has 1 aliphatic rings. The fraction of sp³-hybridized carbons (Fsp3) is 0.143. The minimum atomic E-state index is -5.88. The molecule has 0 spiro atoms. The van der Waals surface area contributed by atoms with Crippen molar-refractivity contribution in [3.63, 3.8) is 0 Å². The van der Waals surface area contributed by atoms with Crippen molar-refractivity contribution < 1.29 is 39.8 Å². The summed E-state index contributed by atoms with van der Waals surface area (Å²) in [6.45, 7) is 7.77. The van der Waals surface area contributed by atoms with Gasteiger partial charge < -0.3 is 9.13 Å². The molecule has 0 bridgehead atoms. The van der Waals surface area contributed by atoms with Crippen molar-refractivity contribution in [2.75, 3.05) is 0 Å². The van der Waals surface area contributed by atoms with E-state index in [1.807, 2.05) is 27.7 Å². The van der Waals surface area contributed by atoms with Crippen LogP contribution in [0.25, 0.3) is 55.0 Å². The van der Waals surface area contributed by atoms with Crippen LogP contribution in [0.2, 0.25) is 0 Å². The molecule has 0 unspecified atom stereocenters. The highest BCUT2D eigenvalue weighted by Gasteiger charge is 2.44. The molecule has 0 atom stereocenters. The number of aromatic nitrogens is 2. The molecule has 8 aromatic carbocycles. The largest absolute Gasteiger partial charge is 0.309 e. The van der Waals surface area contributed by atoms with E-state index in [4.69, 9.17) is 13.7 Å². The van der Waals surface area contributed by atoms with Crippen LogP contribution in [0.1, 0.15) is 91.4 Å². The van der Waals surface area contributed by atoms with E-state index >= 15 is 0 Å². The zero-order chi connectivity index (χ0) is 65.2. The lowest BCUT2D eigenvalue weighted by Gasteiger charge is -2.43. The number of para-hydroxylation sites is 3. The van der Waals surface area contributed by atoms with E-state index in [1.165, 1.54) is 6.07 Å². The normalized spacial score (nSPS) is 21.8. The van der Waals surface area contributed by atoms with E-state index in [9.17, 15) is 26.0 Å². The lowest BCUT2D eigenvalue weighted by Crippen LogP contribution is -2.75. The zero-order valence-electron chi connectivity index (χ0n) is 61.0. The van der Waals surface area contributed by atoms with E-state index in [1.54, 1.807) is 12.1 Å². The van der Waals surface area contributed by atoms with Gasteiger partial charge in [0.25, 0.3) is 0 Å². The molecule has 0 saturated heterocycles. The molecule has 286 valence electrons. The van der Waals surface area contributed by atoms with Gasteiger partial charge in [-0.1, -0.05) is 179 Å². The Balaban J connectivity index is 1.47. The summed E-state index contributed by atoms with van der Waals surface area (Å²) in [4.78, 5) is 0. The Morgan fingerprint density at radius 2 is 0.864 bits per heavy atom. The van der Waals surface area contributed by atoms with Gasteiger partial charge in [0.05, 0.1) is 61.8 Å². The molecule has 1 aliphatic carbocycles. The molecule has 0 aliphatic heterocycles. The van der Waals surface area contributed by atoms with Crippen molar-refractivity contribution >= 4 is 72.4 Å². The summed E-state index contributed by atoms with van der Waals surface area (Å²) < 4.78 is 274. The van der Waals surface area contributed by atoms with Crippen molar-refractivity contribution in [1.29, 1.82) is 0 Å². The Labute approximate surface area is 388 Å². The first-order valence-electron chi connectivity index (χ1n) is 33.3. The second-order valence-electron chi connectivity index (χ2n) is 15.8. The first-order chi connectivity index (χ1) is 40.8. The van der Waals surface area contributed by atoms with Gasteiger partial charge in [-0.2, -0.15) is 0 Å². The molecule has 0 saturated carbocycles. The van der Waals surface area contributed by atoms with Crippen LogP contribution >= 0.6 is 0 Å². The third kappa shape index (κ3) is 5.37. The van der Waals surface area contributed by atoms with Gasteiger partial charge in [0.1, 0.15) is 0 Å². The van der Waals surface area contributed by atoms with Crippen LogP contribution in [0.15, 0.2) is 193 Å². The van der Waals surface area contributed by atoms with Crippen LogP contribution in [-0.2, 0) is 10.8 Å². The lowest BCUT2D eigenvalue weighted by molar-refractivity contribution is 0.332. The first kappa shape index (κ1) is 16.7. The summed E-state index contributed by atoms with van der Waals surface area (Å²) in [6.07, 6.45) is 1.19. The maximum absolute atomic E-state index is 10.8. The van der Waals surface area contributed by atoms with Crippen molar-refractivity contribution in [3.8, 4) is 11.4 Å². The molecular formula is C56H48N2Si. The van der Waals surface area contributed by atoms with Crippen LogP contribution in [0.5, 0.6) is 0 Å². The van der Waals surface area contributed by atoms with Gasteiger partial charge in [-0.3, -0.25) is 0 Å². The van der Waals surface area contributed by atoms with E-state index in [2.05, 4.69) is 0 Å². The van der Waals surface area contributed by atoms with Gasteiger partial charge in [0, 0.05) is 32.9 Å². The third-order valence-corrected chi connectivity index (χ3v) is 15.8. The maximum atomic E-state index is 10.8. The summed E-state index contributed by atoms with van der Waals surface area (Å²) in [5.74, 6) is 0. The molecule has 59 heavy (non-hydrogen) atoms. The quantitative estimate of drug-likeness (QED) is 0.117. The smallest absolute Gasteiger partial charge is 0.179 e. The Bertz CT molecular complexity index is 4720. The minimum absolute atomic E-state index is 0.139. The number of rotatable bonds is 6. The number of benzene rings is 8. The molecule has 11 rings (SSSR count). The molecule has 0 fully saturated rings. The molecule has 10 aromatic rings. The molecule has 0 radical (unpaired) electrons. The molecule has 3 heteroatoms. The molecule has 0 N–H and O–H groups in total. The second-order valence-corrected chi connectivity index (χ2v) is 19.4. The Morgan fingerprint density at radius 3 is 1.44 bits per heavy atom. The average molecular weight is 806 g/mol. The minimum Gasteiger partial charge on any atom is -0.309 e. The van der Waals surface area contributed by atoms with E-state index in [-0.39, 0.29) is 5.19 Å².